The van der Waals surface area contributed by atoms with Crippen LogP contribution in [0.25, 0.3) is 0 Å². The first kappa shape index (κ1) is 62.3. The van der Waals surface area contributed by atoms with Gasteiger partial charge < -0.3 is 120 Å². The number of ether oxygens (including phenoxy) is 8. The van der Waals surface area contributed by atoms with Gasteiger partial charge in [-0.15, -0.1) is 0 Å². The molecule has 8 fully saturated rings. The van der Waals surface area contributed by atoms with E-state index in [9.17, 15) is 86.5 Å². The molecule has 9 rings (SSSR count). The maximum Gasteiger partial charge on any atom is 0.315 e. The van der Waals surface area contributed by atoms with Gasteiger partial charge in [-0.2, -0.15) is 0 Å². The average molecular weight is 1150 g/mol. The Kier molecular flexibility index (Phi) is 17.8. The molecule has 458 valence electrons. The van der Waals surface area contributed by atoms with Crippen LogP contribution in [0, 0.1) is 50.2 Å². The van der Waals surface area contributed by atoms with Gasteiger partial charge in [0.1, 0.15) is 97.7 Å². The van der Waals surface area contributed by atoms with Crippen molar-refractivity contribution in [3.05, 3.63) is 11.6 Å². The molecule has 26 nitrogen and oxygen atoms in total. The standard InChI is InChI=1S/C54H86O26/c1-49(21-57)12-14-54(48(72)80-46-42(69)38(65)34(61)27(78-46)20-74-44-40(67)36(63)32(59)25(18-56)76-44)15-13-51(3)22(23(54)16-49)6-7-28-50(2)10-9-30(53(5,47(70)71)29(50)8-11-52(28,51)4)79-45-41(68)37(64)33(60)26(77-45)19-73-43-39(66)35(62)31(58)24(17-55)75-43/h6,23-46,55-69H,7-21H2,1-5H3,(H,70,71). The molecule has 0 aromatic rings. The first-order valence-electron chi connectivity index (χ1n) is 28.2. The van der Waals surface area contributed by atoms with Gasteiger partial charge in [-0.1, -0.05) is 39.3 Å². The van der Waals surface area contributed by atoms with Crippen molar-refractivity contribution in [3.63, 3.8) is 0 Å². The highest BCUT2D eigenvalue weighted by Crippen LogP contribution is 2.76. The zero-order valence-electron chi connectivity index (χ0n) is 45.8. The average Bonchev–Trinajstić information content (AvgIpc) is 3.43. The SMILES string of the molecule is CC1(CO)CCC2(C(=O)OC3OC(COC4OC(CO)C(O)C(O)C4O)C(O)C(O)C3O)CCC3(C)C(=CCC4C5(C)CCC(OC6OC(COC7OC(CO)C(O)C(O)C7O)C(O)C(O)C6O)C(C)(C(=O)O)C5CCC43C)C2C1. The van der Waals surface area contributed by atoms with Crippen molar-refractivity contribution < 1.29 is 129 Å². The molecule has 0 aromatic carbocycles. The quantitative estimate of drug-likeness (QED) is 0.0448. The summed E-state index contributed by atoms with van der Waals surface area (Å²) in [6, 6.07) is 0. The van der Waals surface area contributed by atoms with E-state index in [1.165, 1.54) is 0 Å². The minimum Gasteiger partial charge on any atom is -0.481 e. The van der Waals surface area contributed by atoms with Gasteiger partial charge in [0.25, 0.3) is 0 Å². The number of aliphatic hydroxyl groups excluding tert-OH is 15. The van der Waals surface area contributed by atoms with E-state index in [4.69, 9.17) is 37.9 Å². The summed E-state index contributed by atoms with van der Waals surface area (Å²) in [5.41, 5.74) is -4.07. The number of hydrogen-bond donors (Lipinski definition) is 16. The van der Waals surface area contributed by atoms with E-state index in [-0.39, 0.29) is 18.9 Å². The first-order valence-corrected chi connectivity index (χ1v) is 28.2. The molecule has 0 spiro atoms. The summed E-state index contributed by atoms with van der Waals surface area (Å²) in [6.07, 6.45) is -28.6. The van der Waals surface area contributed by atoms with E-state index >= 15 is 4.79 Å². The number of carboxylic acids is 1. The normalized spacial score (nSPS) is 54.2. The molecule has 5 aliphatic carbocycles. The molecule has 0 aromatic heterocycles. The Labute approximate surface area is 462 Å². The van der Waals surface area contributed by atoms with Crippen LogP contribution in [0.2, 0.25) is 0 Å². The van der Waals surface area contributed by atoms with E-state index in [2.05, 4.69) is 26.8 Å². The van der Waals surface area contributed by atoms with Crippen LogP contribution in [-0.4, -0.2) is 256 Å². The van der Waals surface area contributed by atoms with Gasteiger partial charge in [0, 0.05) is 6.61 Å². The molecule has 30 unspecified atom stereocenters. The Morgan fingerprint density at radius 1 is 0.550 bits per heavy atom. The molecule has 30 atom stereocenters. The van der Waals surface area contributed by atoms with Gasteiger partial charge in [0.2, 0.25) is 6.29 Å². The number of carbonyl (C=O) groups excluding carboxylic acids is 1. The second-order valence-corrected chi connectivity index (χ2v) is 25.9. The monoisotopic (exact) mass is 1150 g/mol. The fourth-order valence-corrected chi connectivity index (χ4v) is 16.3. The van der Waals surface area contributed by atoms with Gasteiger partial charge in [0.15, 0.2) is 18.9 Å². The van der Waals surface area contributed by atoms with Crippen LogP contribution in [0.15, 0.2) is 11.6 Å². The summed E-state index contributed by atoms with van der Waals surface area (Å²) in [6.45, 7) is 7.29. The lowest BCUT2D eigenvalue weighted by Gasteiger charge is -2.71. The van der Waals surface area contributed by atoms with Crippen LogP contribution in [0.1, 0.15) is 98.8 Å². The third kappa shape index (κ3) is 10.0. The number of allylic oxidation sites excluding steroid dienone is 2. The maximum absolute atomic E-state index is 15.1. The van der Waals surface area contributed by atoms with Crippen molar-refractivity contribution in [3.8, 4) is 0 Å². The topological polar surface area (TPSA) is 432 Å². The lowest BCUT2D eigenvalue weighted by molar-refractivity contribution is -0.345. The van der Waals surface area contributed by atoms with Crippen LogP contribution in [-0.2, 0) is 47.5 Å². The number of aliphatic hydroxyl groups is 15. The predicted molar refractivity (Wildman–Crippen MR) is 266 cm³/mol. The summed E-state index contributed by atoms with van der Waals surface area (Å²) in [5.74, 6) is -2.96. The molecule has 9 aliphatic rings. The van der Waals surface area contributed by atoms with Crippen LogP contribution in [0.5, 0.6) is 0 Å². The number of esters is 1. The minimum atomic E-state index is -1.92. The second kappa shape index (κ2) is 22.9. The number of carboxylic acid groups (broad SMARTS) is 1. The van der Waals surface area contributed by atoms with Crippen molar-refractivity contribution in [2.45, 2.75) is 228 Å². The van der Waals surface area contributed by atoms with E-state index in [1.807, 2.05) is 6.92 Å². The third-order valence-corrected chi connectivity index (χ3v) is 21.8. The van der Waals surface area contributed by atoms with Crippen molar-refractivity contribution in [2.75, 3.05) is 33.0 Å². The molecule has 4 saturated carbocycles. The van der Waals surface area contributed by atoms with Crippen molar-refractivity contribution >= 4 is 11.9 Å². The highest BCUT2D eigenvalue weighted by atomic mass is 16.8. The molecule has 4 aliphatic heterocycles. The molecule has 80 heavy (non-hydrogen) atoms. The summed E-state index contributed by atoms with van der Waals surface area (Å²) in [4.78, 5) is 29.0. The largest absolute Gasteiger partial charge is 0.481 e. The zero-order valence-corrected chi connectivity index (χ0v) is 45.8. The molecule has 0 radical (unpaired) electrons. The molecule has 4 heterocycles. The lowest BCUT2D eigenvalue weighted by atomic mass is 9.33. The van der Waals surface area contributed by atoms with Gasteiger partial charge in [0.05, 0.1) is 43.4 Å². The number of rotatable bonds is 14. The summed E-state index contributed by atoms with van der Waals surface area (Å²) in [5, 5.41) is 170. The van der Waals surface area contributed by atoms with Crippen molar-refractivity contribution in [1.82, 2.24) is 0 Å². The zero-order chi connectivity index (χ0) is 58.6. The smallest absolute Gasteiger partial charge is 0.315 e. The van der Waals surface area contributed by atoms with E-state index in [0.29, 0.717) is 57.8 Å². The van der Waals surface area contributed by atoms with Gasteiger partial charge in [-0.05, 0) is 111 Å². The Hall–Kier alpha value is -2.20. The molecule has 0 bridgehead atoms. The molecule has 16 N–H and O–H groups in total. The Bertz CT molecular complexity index is 2240. The maximum atomic E-state index is 15.1. The van der Waals surface area contributed by atoms with E-state index in [1.54, 1.807) is 6.92 Å². The lowest BCUT2D eigenvalue weighted by Crippen LogP contribution is -2.68. The van der Waals surface area contributed by atoms with Crippen LogP contribution in [0.3, 0.4) is 0 Å². The Morgan fingerprint density at radius 3 is 1.54 bits per heavy atom. The third-order valence-electron chi connectivity index (χ3n) is 21.8. The van der Waals surface area contributed by atoms with Gasteiger partial charge in [-0.25, -0.2) is 0 Å². The minimum absolute atomic E-state index is 0.104. The fourth-order valence-electron chi connectivity index (χ4n) is 16.3. The van der Waals surface area contributed by atoms with Gasteiger partial charge in [-0.3, -0.25) is 9.59 Å². The highest BCUT2D eigenvalue weighted by Gasteiger charge is 2.72. The molecule has 4 saturated heterocycles. The summed E-state index contributed by atoms with van der Waals surface area (Å²) >= 11 is 0. The summed E-state index contributed by atoms with van der Waals surface area (Å²) in [7, 11) is 0. The first-order chi connectivity index (χ1) is 37.5. The number of carbonyl (C=O) groups is 2. The number of aliphatic carboxylic acids is 1. The Morgan fingerprint density at radius 2 is 1.02 bits per heavy atom. The highest BCUT2D eigenvalue weighted by molar-refractivity contribution is 5.79. The van der Waals surface area contributed by atoms with Crippen molar-refractivity contribution in [2.24, 2.45) is 50.2 Å². The predicted octanol–water partition coefficient (Wildman–Crippen LogP) is -4.00. The van der Waals surface area contributed by atoms with E-state index in [0.717, 1.165) is 5.57 Å². The number of fused-ring (bicyclic) bond motifs is 7. The summed E-state index contributed by atoms with van der Waals surface area (Å²) < 4.78 is 46.4. The number of hydrogen-bond acceptors (Lipinski definition) is 25. The van der Waals surface area contributed by atoms with Crippen LogP contribution >= 0.6 is 0 Å². The van der Waals surface area contributed by atoms with Crippen molar-refractivity contribution in [1.29, 1.82) is 0 Å². The van der Waals surface area contributed by atoms with Crippen LogP contribution in [0.4, 0.5) is 0 Å². The Balaban J connectivity index is 0.929. The molecular formula is C54H86O26. The fraction of sp³-hybridized carbons (Fsp3) is 0.926. The molecule has 26 heteroatoms. The van der Waals surface area contributed by atoms with E-state index < -0.39 is 212 Å². The second-order valence-electron chi connectivity index (χ2n) is 25.9. The molecular weight excluding hydrogens is 1060 g/mol. The molecule has 0 amide bonds. The van der Waals surface area contributed by atoms with Crippen LogP contribution < -0.4 is 0 Å². The van der Waals surface area contributed by atoms with Gasteiger partial charge >= 0.3 is 11.9 Å².